The van der Waals surface area contributed by atoms with Gasteiger partial charge in [0.05, 0.1) is 11.4 Å². The van der Waals surface area contributed by atoms with Crippen LogP contribution in [0.15, 0.2) is 41.3 Å². The number of imidazole rings is 1. The third-order valence-electron chi connectivity index (χ3n) is 3.94. The Kier molecular flexibility index (Phi) is 4.81. The number of hydrogen-bond donors (Lipinski definition) is 1. The monoisotopic (exact) mass is 398 g/mol. The molecule has 3 aromatic rings. The summed E-state index contributed by atoms with van der Waals surface area (Å²) in [6.45, 7) is 1.83. The Labute approximate surface area is 152 Å². The van der Waals surface area contributed by atoms with Gasteiger partial charge >= 0.3 is 0 Å². The maximum atomic E-state index is 14.5. The van der Waals surface area contributed by atoms with Crippen LogP contribution >= 0.6 is 0 Å². The molecule has 0 saturated carbocycles. The van der Waals surface area contributed by atoms with Crippen molar-refractivity contribution in [1.29, 1.82) is 0 Å². The highest BCUT2D eigenvalue weighted by molar-refractivity contribution is 7.90. The lowest BCUT2D eigenvalue weighted by atomic mass is 10.0. The van der Waals surface area contributed by atoms with Crippen molar-refractivity contribution in [3.8, 4) is 22.5 Å². The zero-order valence-electron chi connectivity index (χ0n) is 14.2. The van der Waals surface area contributed by atoms with Gasteiger partial charge in [0.2, 0.25) is 0 Å². The molecule has 0 amide bonds. The summed E-state index contributed by atoms with van der Waals surface area (Å²) in [4.78, 5) is 5.32. The largest absolute Gasteiger partial charge is 0.337 e. The molecule has 142 valence electrons. The molecule has 0 bridgehead atoms. The molecule has 27 heavy (non-hydrogen) atoms. The Morgan fingerprint density at radius 3 is 2.22 bits per heavy atom. The van der Waals surface area contributed by atoms with Crippen LogP contribution in [0.1, 0.15) is 17.8 Å². The third kappa shape index (κ3) is 3.73. The Hall–Kier alpha value is -2.68. The standard InChI is InChI=1S/C18H14F4N2O2S/c1-9-3-5-10(6-4-9)15-16(24-18(23-15)17(21)22)11-7-13(20)14(8-12(11)19)27(2,25)26/h3-8,17H,1-2H3,(H,23,24). The first-order chi connectivity index (χ1) is 12.6. The lowest BCUT2D eigenvalue weighted by Gasteiger charge is -2.08. The van der Waals surface area contributed by atoms with E-state index < -0.39 is 44.2 Å². The van der Waals surface area contributed by atoms with Gasteiger partial charge in [-0.3, -0.25) is 0 Å². The van der Waals surface area contributed by atoms with Gasteiger partial charge in [0, 0.05) is 17.4 Å². The van der Waals surface area contributed by atoms with Crippen LogP contribution in [-0.2, 0) is 9.84 Å². The Morgan fingerprint density at radius 1 is 1.04 bits per heavy atom. The number of aromatic nitrogens is 2. The van der Waals surface area contributed by atoms with Gasteiger partial charge in [-0.25, -0.2) is 31.0 Å². The predicted octanol–water partition coefficient (Wildman–Crippen LogP) is 4.67. The van der Waals surface area contributed by atoms with Crippen LogP contribution in [-0.4, -0.2) is 24.6 Å². The van der Waals surface area contributed by atoms with Crippen LogP contribution in [0.3, 0.4) is 0 Å². The number of nitrogens with zero attached hydrogens (tertiary/aromatic N) is 1. The van der Waals surface area contributed by atoms with E-state index in [1.807, 2.05) is 6.92 Å². The fourth-order valence-corrected chi connectivity index (χ4v) is 3.35. The van der Waals surface area contributed by atoms with E-state index >= 15 is 0 Å². The van der Waals surface area contributed by atoms with Gasteiger partial charge in [-0.1, -0.05) is 29.8 Å². The molecule has 0 aliphatic carbocycles. The van der Waals surface area contributed by atoms with Gasteiger partial charge in [-0.2, -0.15) is 0 Å². The number of nitrogens with one attached hydrogen (secondary N) is 1. The van der Waals surface area contributed by atoms with Crippen molar-refractivity contribution in [3.63, 3.8) is 0 Å². The summed E-state index contributed by atoms with van der Waals surface area (Å²) in [5.74, 6) is -2.96. The summed E-state index contributed by atoms with van der Waals surface area (Å²) in [5, 5.41) is 0. The molecule has 0 fully saturated rings. The molecule has 3 rings (SSSR count). The number of H-pyrrole nitrogens is 1. The molecule has 0 aliphatic rings. The lowest BCUT2D eigenvalue weighted by molar-refractivity contribution is 0.141. The first-order valence-corrected chi connectivity index (χ1v) is 9.61. The molecule has 9 heteroatoms. The normalized spacial score (nSPS) is 12.0. The maximum Gasteiger partial charge on any atom is 0.295 e. The molecule has 0 radical (unpaired) electrons. The molecule has 0 spiro atoms. The quantitative estimate of drug-likeness (QED) is 0.650. The number of rotatable bonds is 4. The molecular formula is C18H14F4N2O2S. The van der Waals surface area contributed by atoms with E-state index in [1.54, 1.807) is 24.3 Å². The first-order valence-electron chi connectivity index (χ1n) is 7.72. The molecular weight excluding hydrogens is 384 g/mol. The predicted molar refractivity (Wildman–Crippen MR) is 92.2 cm³/mol. The second-order valence-electron chi connectivity index (χ2n) is 6.05. The zero-order valence-corrected chi connectivity index (χ0v) is 15.0. The fourth-order valence-electron chi connectivity index (χ4n) is 2.61. The molecule has 0 unspecified atom stereocenters. The molecule has 4 nitrogen and oxygen atoms in total. The Balaban J connectivity index is 2.25. The van der Waals surface area contributed by atoms with Crippen LogP contribution < -0.4 is 0 Å². The topological polar surface area (TPSA) is 62.8 Å². The molecule has 2 aromatic carbocycles. The number of benzene rings is 2. The summed E-state index contributed by atoms with van der Waals surface area (Å²) in [5.41, 5.74) is 0.793. The summed E-state index contributed by atoms with van der Waals surface area (Å²) >= 11 is 0. The minimum absolute atomic E-state index is 0.00991. The number of alkyl halides is 2. The Morgan fingerprint density at radius 2 is 1.67 bits per heavy atom. The molecule has 0 saturated heterocycles. The second-order valence-corrected chi connectivity index (χ2v) is 8.03. The van der Waals surface area contributed by atoms with E-state index in [-0.39, 0.29) is 11.4 Å². The molecule has 0 atom stereocenters. The number of aryl methyl sites for hydroxylation is 1. The highest BCUT2D eigenvalue weighted by Crippen LogP contribution is 2.35. The van der Waals surface area contributed by atoms with Gasteiger partial charge < -0.3 is 4.98 Å². The first kappa shape index (κ1) is 19.1. The van der Waals surface area contributed by atoms with Crippen molar-refractivity contribution >= 4 is 9.84 Å². The average Bonchev–Trinajstić information content (AvgIpc) is 3.01. The summed E-state index contributed by atoms with van der Waals surface area (Å²) in [6, 6.07) is 7.86. The number of halogens is 4. The smallest absolute Gasteiger partial charge is 0.295 e. The van der Waals surface area contributed by atoms with E-state index in [0.717, 1.165) is 11.8 Å². The fraction of sp³-hybridized carbons (Fsp3) is 0.167. The van der Waals surface area contributed by atoms with E-state index in [0.29, 0.717) is 17.7 Å². The Bertz CT molecular complexity index is 1110. The lowest BCUT2D eigenvalue weighted by Crippen LogP contribution is -2.03. The zero-order chi connectivity index (χ0) is 19.9. The van der Waals surface area contributed by atoms with Crippen LogP contribution in [0.5, 0.6) is 0 Å². The van der Waals surface area contributed by atoms with Gasteiger partial charge in [0.1, 0.15) is 16.5 Å². The van der Waals surface area contributed by atoms with Crippen LogP contribution in [0.25, 0.3) is 22.5 Å². The number of hydrogen-bond acceptors (Lipinski definition) is 3. The minimum atomic E-state index is -3.99. The SMILES string of the molecule is Cc1ccc(-c2nc(C(F)F)[nH]c2-c2cc(F)c(S(C)(=O)=O)cc2F)cc1. The molecule has 1 N–H and O–H groups in total. The maximum absolute atomic E-state index is 14.5. The van der Waals surface area contributed by atoms with Crippen molar-refractivity contribution in [2.75, 3.05) is 6.26 Å². The second kappa shape index (κ2) is 6.80. The third-order valence-corrected chi connectivity index (χ3v) is 5.06. The van der Waals surface area contributed by atoms with E-state index in [9.17, 15) is 26.0 Å². The van der Waals surface area contributed by atoms with Crippen molar-refractivity contribution in [2.45, 2.75) is 18.2 Å². The van der Waals surface area contributed by atoms with Crippen LogP contribution in [0, 0.1) is 18.6 Å². The van der Waals surface area contributed by atoms with Crippen molar-refractivity contribution in [2.24, 2.45) is 0 Å². The van der Waals surface area contributed by atoms with Gasteiger partial charge in [-0.05, 0) is 19.1 Å². The summed E-state index contributed by atoms with van der Waals surface area (Å²) in [7, 11) is -3.99. The van der Waals surface area contributed by atoms with Crippen LogP contribution in [0.4, 0.5) is 17.6 Å². The number of sulfone groups is 1. The van der Waals surface area contributed by atoms with Crippen molar-refractivity contribution < 1.29 is 26.0 Å². The summed E-state index contributed by atoms with van der Waals surface area (Å²) < 4.78 is 78.1. The van der Waals surface area contributed by atoms with Crippen molar-refractivity contribution in [1.82, 2.24) is 9.97 Å². The molecule has 0 aliphatic heterocycles. The number of aromatic amines is 1. The van der Waals surface area contributed by atoms with Gasteiger partial charge in [-0.15, -0.1) is 0 Å². The van der Waals surface area contributed by atoms with Gasteiger partial charge in [0.15, 0.2) is 15.7 Å². The average molecular weight is 398 g/mol. The van der Waals surface area contributed by atoms with E-state index in [1.165, 1.54) is 0 Å². The molecule has 1 heterocycles. The van der Waals surface area contributed by atoms with Gasteiger partial charge in [0.25, 0.3) is 6.43 Å². The van der Waals surface area contributed by atoms with Crippen LogP contribution in [0.2, 0.25) is 0 Å². The van der Waals surface area contributed by atoms with E-state index in [4.69, 9.17) is 0 Å². The highest BCUT2D eigenvalue weighted by Gasteiger charge is 2.24. The van der Waals surface area contributed by atoms with E-state index in [2.05, 4.69) is 9.97 Å². The molecule has 1 aromatic heterocycles. The summed E-state index contributed by atoms with van der Waals surface area (Å²) in [6.07, 6.45) is -2.21. The van der Waals surface area contributed by atoms with Crippen molar-refractivity contribution in [3.05, 3.63) is 59.4 Å². The minimum Gasteiger partial charge on any atom is -0.337 e. The highest BCUT2D eigenvalue weighted by atomic mass is 32.2.